The van der Waals surface area contributed by atoms with Crippen LogP contribution in [0.3, 0.4) is 0 Å². The van der Waals surface area contributed by atoms with Crippen molar-refractivity contribution in [2.24, 2.45) is 5.92 Å². The van der Waals surface area contributed by atoms with Crippen LogP contribution in [-0.4, -0.2) is 12.1 Å². The summed E-state index contributed by atoms with van der Waals surface area (Å²) >= 11 is 0. The summed E-state index contributed by atoms with van der Waals surface area (Å²) in [5.74, 6) is 0.845. The van der Waals surface area contributed by atoms with E-state index in [-0.39, 0.29) is 0 Å². The van der Waals surface area contributed by atoms with E-state index in [2.05, 4.69) is 38.2 Å². The van der Waals surface area contributed by atoms with E-state index in [0.29, 0.717) is 12.1 Å². The highest BCUT2D eigenvalue weighted by atomic mass is 14.9. The minimum absolute atomic E-state index is 0.616. The van der Waals surface area contributed by atoms with Gasteiger partial charge in [-0.05, 0) is 25.7 Å². The monoisotopic (exact) mass is 153 g/mol. The van der Waals surface area contributed by atoms with Crippen LogP contribution in [-0.2, 0) is 0 Å². The highest BCUT2D eigenvalue weighted by Gasteiger charge is 2.17. The quantitative estimate of drug-likeness (QED) is 0.614. The second kappa shape index (κ2) is 3.91. The summed E-state index contributed by atoms with van der Waals surface area (Å²) in [6, 6.07) is 1.29. The van der Waals surface area contributed by atoms with Gasteiger partial charge >= 0.3 is 0 Å². The number of nitrogens with one attached hydrogen (secondary N) is 1. The molecule has 0 fully saturated rings. The topological polar surface area (TPSA) is 12.0 Å². The van der Waals surface area contributed by atoms with Gasteiger partial charge in [-0.25, -0.2) is 0 Å². The molecule has 0 saturated heterocycles. The summed E-state index contributed by atoms with van der Waals surface area (Å²) in [5, 5.41) is 3.54. The normalized spacial score (nSPS) is 21.5. The first-order valence-electron chi connectivity index (χ1n) is 4.61. The van der Waals surface area contributed by atoms with Gasteiger partial charge in [-0.2, -0.15) is 0 Å². The molecule has 0 radical (unpaired) electrons. The van der Waals surface area contributed by atoms with Crippen molar-refractivity contribution in [1.29, 1.82) is 0 Å². The first kappa shape index (κ1) is 8.79. The van der Waals surface area contributed by atoms with Crippen LogP contribution in [0.2, 0.25) is 0 Å². The number of hydrogen-bond acceptors (Lipinski definition) is 1. The molecule has 1 aliphatic rings. The second-order valence-corrected chi connectivity index (χ2v) is 3.81. The van der Waals surface area contributed by atoms with Crippen LogP contribution in [0.4, 0.5) is 0 Å². The van der Waals surface area contributed by atoms with Crippen LogP contribution < -0.4 is 5.32 Å². The third kappa shape index (κ3) is 2.66. The van der Waals surface area contributed by atoms with Gasteiger partial charge in [-0.3, -0.25) is 0 Å². The van der Waals surface area contributed by atoms with Crippen molar-refractivity contribution >= 4 is 0 Å². The van der Waals surface area contributed by atoms with Gasteiger partial charge in [0.2, 0.25) is 0 Å². The Kier molecular flexibility index (Phi) is 3.13. The fourth-order valence-corrected chi connectivity index (χ4v) is 1.71. The highest BCUT2D eigenvalue weighted by Crippen LogP contribution is 2.21. The summed E-state index contributed by atoms with van der Waals surface area (Å²) in [5.41, 5.74) is 0. The van der Waals surface area contributed by atoms with Crippen LogP contribution in [0, 0.1) is 5.92 Å². The lowest BCUT2D eigenvalue weighted by Gasteiger charge is -2.22. The molecule has 1 atom stereocenters. The van der Waals surface area contributed by atoms with E-state index >= 15 is 0 Å². The van der Waals surface area contributed by atoms with Crippen molar-refractivity contribution in [2.75, 3.05) is 0 Å². The predicted octanol–water partition coefficient (Wildman–Crippen LogP) is 2.34. The summed E-state index contributed by atoms with van der Waals surface area (Å²) in [7, 11) is 0. The van der Waals surface area contributed by atoms with Gasteiger partial charge in [0.1, 0.15) is 0 Å². The van der Waals surface area contributed by atoms with Gasteiger partial charge in [0, 0.05) is 12.1 Å². The number of allylic oxidation sites excluding steroid dienone is 2. The number of rotatable bonds is 3. The number of hydrogen-bond donors (Lipinski definition) is 1. The first-order valence-corrected chi connectivity index (χ1v) is 4.61. The Balaban J connectivity index is 2.24. The Morgan fingerprint density at radius 2 is 1.73 bits per heavy atom. The maximum absolute atomic E-state index is 3.54. The largest absolute Gasteiger partial charge is 0.312 e. The summed E-state index contributed by atoms with van der Waals surface area (Å²) < 4.78 is 0. The molecule has 0 aromatic rings. The molecular formula is C10H19N. The molecule has 1 N–H and O–H groups in total. The van der Waals surface area contributed by atoms with Crippen molar-refractivity contribution in [3.05, 3.63) is 12.2 Å². The van der Waals surface area contributed by atoms with E-state index in [1.807, 2.05) is 0 Å². The van der Waals surface area contributed by atoms with E-state index in [9.17, 15) is 0 Å². The summed E-state index contributed by atoms with van der Waals surface area (Å²) in [6.07, 6.45) is 7.12. The molecular weight excluding hydrogens is 134 g/mol. The van der Waals surface area contributed by atoms with Crippen molar-refractivity contribution in [3.8, 4) is 0 Å². The third-order valence-electron chi connectivity index (χ3n) is 2.35. The van der Waals surface area contributed by atoms with Crippen molar-refractivity contribution < 1.29 is 0 Å². The fourth-order valence-electron chi connectivity index (χ4n) is 1.71. The molecule has 0 saturated carbocycles. The Morgan fingerprint density at radius 1 is 1.18 bits per heavy atom. The molecule has 0 amide bonds. The summed E-state index contributed by atoms with van der Waals surface area (Å²) in [4.78, 5) is 0. The van der Waals surface area contributed by atoms with Gasteiger partial charge in [0.05, 0.1) is 0 Å². The molecule has 0 aliphatic heterocycles. The third-order valence-corrected chi connectivity index (χ3v) is 2.35. The molecule has 0 heterocycles. The maximum Gasteiger partial charge on any atom is 0.00752 e. The van der Waals surface area contributed by atoms with Gasteiger partial charge in [-0.15, -0.1) is 0 Å². The fraction of sp³-hybridized carbons (Fsp3) is 0.800. The molecule has 1 heteroatoms. The predicted molar refractivity (Wildman–Crippen MR) is 49.6 cm³/mol. The Bertz CT molecular complexity index is 130. The first-order chi connectivity index (χ1) is 5.20. The standard InChI is InChI=1S/C10H19N/c1-8(2)11-9(3)10-6-4-5-7-10/h4-5,8-11H,6-7H2,1-3H3. The molecule has 0 aromatic carbocycles. The summed E-state index contributed by atoms with van der Waals surface area (Å²) in [6.45, 7) is 6.70. The Morgan fingerprint density at radius 3 is 2.18 bits per heavy atom. The van der Waals surface area contributed by atoms with E-state index in [0.717, 1.165) is 5.92 Å². The van der Waals surface area contributed by atoms with Gasteiger partial charge < -0.3 is 5.32 Å². The molecule has 1 nitrogen and oxygen atoms in total. The lowest BCUT2D eigenvalue weighted by molar-refractivity contribution is 0.366. The lowest BCUT2D eigenvalue weighted by Crippen LogP contribution is -2.37. The average Bonchev–Trinajstić information content (AvgIpc) is 2.35. The molecule has 11 heavy (non-hydrogen) atoms. The van der Waals surface area contributed by atoms with Gasteiger partial charge in [0.15, 0.2) is 0 Å². The highest BCUT2D eigenvalue weighted by molar-refractivity contribution is 4.97. The molecule has 1 aliphatic carbocycles. The molecule has 0 bridgehead atoms. The Hall–Kier alpha value is -0.300. The van der Waals surface area contributed by atoms with E-state index in [1.165, 1.54) is 12.8 Å². The van der Waals surface area contributed by atoms with Crippen LogP contribution in [0.1, 0.15) is 33.6 Å². The Labute approximate surface area is 69.9 Å². The van der Waals surface area contributed by atoms with Gasteiger partial charge in [-0.1, -0.05) is 26.0 Å². The van der Waals surface area contributed by atoms with Crippen LogP contribution in [0.15, 0.2) is 12.2 Å². The van der Waals surface area contributed by atoms with Crippen LogP contribution in [0.5, 0.6) is 0 Å². The SMILES string of the molecule is CC(C)NC(C)C1CC=CC1. The van der Waals surface area contributed by atoms with Crippen molar-refractivity contribution in [1.82, 2.24) is 5.32 Å². The van der Waals surface area contributed by atoms with E-state index < -0.39 is 0 Å². The smallest absolute Gasteiger partial charge is 0.00752 e. The van der Waals surface area contributed by atoms with Crippen LogP contribution in [0.25, 0.3) is 0 Å². The van der Waals surface area contributed by atoms with Crippen molar-refractivity contribution in [3.63, 3.8) is 0 Å². The zero-order chi connectivity index (χ0) is 8.27. The molecule has 0 aromatic heterocycles. The second-order valence-electron chi connectivity index (χ2n) is 3.81. The van der Waals surface area contributed by atoms with Gasteiger partial charge in [0.25, 0.3) is 0 Å². The van der Waals surface area contributed by atoms with E-state index in [1.54, 1.807) is 0 Å². The minimum atomic E-state index is 0.616. The average molecular weight is 153 g/mol. The molecule has 64 valence electrons. The molecule has 1 rings (SSSR count). The minimum Gasteiger partial charge on any atom is -0.312 e. The van der Waals surface area contributed by atoms with E-state index in [4.69, 9.17) is 0 Å². The van der Waals surface area contributed by atoms with Crippen LogP contribution >= 0.6 is 0 Å². The molecule has 1 unspecified atom stereocenters. The van der Waals surface area contributed by atoms with Crippen molar-refractivity contribution in [2.45, 2.75) is 45.7 Å². The maximum atomic E-state index is 3.54. The zero-order valence-electron chi connectivity index (χ0n) is 7.80. The molecule has 0 spiro atoms. The zero-order valence-corrected chi connectivity index (χ0v) is 7.80. The lowest BCUT2D eigenvalue weighted by atomic mass is 9.98.